The summed E-state index contributed by atoms with van der Waals surface area (Å²) in [5, 5.41) is 0. The third kappa shape index (κ3) is 2.79. The zero-order valence-corrected chi connectivity index (χ0v) is 10.3. The van der Waals surface area contributed by atoms with Gasteiger partial charge in [-0.2, -0.15) is 0 Å². The molecule has 1 aliphatic rings. The fourth-order valence-electron chi connectivity index (χ4n) is 2.03. The van der Waals surface area contributed by atoms with E-state index in [0.29, 0.717) is 11.6 Å². The van der Waals surface area contributed by atoms with Gasteiger partial charge in [0.25, 0.3) is 5.91 Å². The second-order valence-corrected chi connectivity index (χ2v) is 4.55. The highest BCUT2D eigenvalue weighted by Gasteiger charge is 2.23. The molecule has 0 unspecified atom stereocenters. The molecule has 0 atom stereocenters. The minimum atomic E-state index is 0.0361. The number of carbonyl (C=O) groups excluding carboxylic acids is 1. The van der Waals surface area contributed by atoms with Crippen LogP contribution in [-0.2, 0) is 0 Å². The van der Waals surface area contributed by atoms with Gasteiger partial charge in [-0.3, -0.25) is 9.69 Å². The zero-order chi connectivity index (χ0) is 12.3. The van der Waals surface area contributed by atoms with Crippen LogP contribution in [0.2, 0.25) is 0 Å². The second-order valence-electron chi connectivity index (χ2n) is 4.55. The van der Waals surface area contributed by atoms with Crippen molar-refractivity contribution < 1.29 is 4.79 Å². The summed E-state index contributed by atoms with van der Waals surface area (Å²) in [4.78, 5) is 24.1. The summed E-state index contributed by atoms with van der Waals surface area (Å²) in [5.41, 5.74) is 0.575. The number of piperazine rings is 1. The van der Waals surface area contributed by atoms with E-state index in [1.54, 1.807) is 12.4 Å². The van der Waals surface area contributed by atoms with Gasteiger partial charge in [-0.05, 0) is 13.8 Å². The molecule has 1 aromatic heterocycles. The smallest absolute Gasteiger partial charge is 0.257 e. The number of carbonyl (C=O) groups is 1. The third-order valence-corrected chi connectivity index (χ3v) is 3.14. The molecule has 1 saturated heterocycles. The van der Waals surface area contributed by atoms with E-state index < -0.39 is 0 Å². The minimum absolute atomic E-state index is 0.0361. The molecule has 0 N–H and O–H groups in total. The molecule has 2 heterocycles. The maximum Gasteiger partial charge on any atom is 0.257 e. The van der Waals surface area contributed by atoms with Crippen molar-refractivity contribution in [3.8, 4) is 0 Å². The quantitative estimate of drug-likeness (QED) is 0.753. The molecular formula is C12H18N4O. The van der Waals surface area contributed by atoms with E-state index in [4.69, 9.17) is 0 Å². The summed E-state index contributed by atoms with van der Waals surface area (Å²) < 4.78 is 0. The Kier molecular flexibility index (Phi) is 3.68. The highest BCUT2D eigenvalue weighted by Crippen LogP contribution is 2.09. The normalized spacial score (nSPS) is 17.5. The van der Waals surface area contributed by atoms with Crippen molar-refractivity contribution in [2.45, 2.75) is 19.9 Å². The first-order chi connectivity index (χ1) is 8.18. The van der Waals surface area contributed by atoms with Crippen LogP contribution in [0.25, 0.3) is 0 Å². The molecule has 17 heavy (non-hydrogen) atoms. The maximum absolute atomic E-state index is 12.1. The molecule has 92 valence electrons. The number of aromatic nitrogens is 2. The number of hydrogen-bond donors (Lipinski definition) is 0. The van der Waals surface area contributed by atoms with Crippen molar-refractivity contribution in [3.05, 3.63) is 24.3 Å². The zero-order valence-electron chi connectivity index (χ0n) is 10.3. The van der Waals surface area contributed by atoms with Crippen LogP contribution in [0.4, 0.5) is 0 Å². The molecule has 1 aliphatic heterocycles. The Balaban J connectivity index is 1.95. The minimum Gasteiger partial charge on any atom is -0.336 e. The lowest BCUT2D eigenvalue weighted by Crippen LogP contribution is -2.50. The van der Waals surface area contributed by atoms with Crippen molar-refractivity contribution in [2.24, 2.45) is 0 Å². The van der Waals surface area contributed by atoms with E-state index in [2.05, 4.69) is 28.7 Å². The van der Waals surface area contributed by atoms with Gasteiger partial charge in [-0.1, -0.05) is 0 Å². The Morgan fingerprint density at radius 3 is 2.29 bits per heavy atom. The van der Waals surface area contributed by atoms with Crippen molar-refractivity contribution >= 4 is 5.91 Å². The Morgan fingerprint density at radius 1 is 1.18 bits per heavy atom. The number of nitrogens with zero attached hydrogens (tertiary/aromatic N) is 4. The fourth-order valence-corrected chi connectivity index (χ4v) is 2.03. The van der Waals surface area contributed by atoms with E-state index in [1.165, 1.54) is 6.33 Å². The van der Waals surface area contributed by atoms with Crippen molar-refractivity contribution in [1.82, 2.24) is 19.8 Å². The van der Waals surface area contributed by atoms with Crippen molar-refractivity contribution in [2.75, 3.05) is 26.2 Å². The highest BCUT2D eigenvalue weighted by atomic mass is 16.2. The lowest BCUT2D eigenvalue weighted by atomic mass is 10.2. The second kappa shape index (κ2) is 5.23. The van der Waals surface area contributed by atoms with Crippen LogP contribution in [0, 0.1) is 0 Å². The van der Waals surface area contributed by atoms with Gasteiger partial charge >= 0.3 is 0 Å². The topological polar surface area (TPSA) is 49.3 Å². The molecule has 0 saturated carbocycles. The van der Waals surface area contributed by atoms with Crippen LogP contribution >= 0.6 is 0 Å². The first kappa shape index (κ1) is 12.0. The van der Waals surface area contributed by atoms with Gasteiger partial charge in [0.15, 0.2) is 0 Å². The summed E-state index contributed by atoms with van der Waals surface area (Å²) in [6.45, 7) is 7.82. The molecule has 0 spiro atoms. The van der Waals surface area contributed by atoms with Crippen LogP contribution < -0.4 is 0 Å². The van der Waals surface area contributed by atoms with Gasteiger partial charge in [0, 0.05) is 44.6 Å². The van der Waals surface area contributed by atoms with E-state index in [9.17, 15) is 4.79 Å². The summed E-state index contributed by atoms with van der Waals surface area (Å²) in [5.74, 6) is 0.0361. The highest BCUT2D eigenvalue weighted by molar-refractivity contribution is 5.93. The van der Waals surface area contributed by atoms with Gasteiger partial charge < -0.3 is 4.90 Å². The Morgan fingerprint density at radius 2 is 1.76 bits per heavy atom. The Hall–Kier alpha value is -1.49. The lowest BCUT2D eigenvalue weighted by molar-refractivity contribution is 0.0594. The predicted octanol–water partition coefficient (Wildman–Crippen LogP) is 0.643. The number of rotatable bonds is 2. The summed E-state index contributed by atoms with van der Waals surface area (Å²) in [7, 11) is 0. The summed E-state index contributed by atoms with van der Waals surface area (Å²) in [6.07, 6.45) is 4.59. The SMILES string of the molecule is CC(C)N1CCN(C(=O)c2cncnc2)CC1. The molecule has 2 rings (SSSR count). The van der Waals surface area contributed by atoms with Gasteiger partial charge in [-0.25, -0.2) is 9.97 Å². The molecule has 5 nitrogen and oxygen atoms in total. The molecule has 0 bridgehead atoms. The van der Waals surface area contributed by atoms with E-state index in [-0.39, 0.29) is 5.91 Å². The van der Waals surface area contributed by atoms with Gasteiger partial charge in [0.1, 0.15) is 6.33 Å². The molecule has 1 amide bonds. The number of amides is 1. The van der Waals surface area contributed by atoms with Crippen LogP contribution in [0.5, 0.6) is 0 Å². The van der Waals surface area contributed by atoms with E-state index in [0.717, 1.165) is 26.2 Å². The first-order valence-corrected chi connectivity index (χ1v) is 5.97. The third-order valence-electron chi connectivity index (χ3n) is 3.14. The maximum atomic E-state index is 12.1. The van der Waals surface area contributed by atoms with Gasteiger partial charge in [0.2, 0.25) is 0 Å². The monoisotopic (exact) mass is 234 g/mol. The van der Waals surface area contributed by atoms with Crippen LogP contribution in [-0.4, -0.2) is 57.9 Å². The number of hydrogen-bond acceptors (Lipinski definition) is 4. The fraction of sp³-hybridized carbons (Fsp3) is 0.583. The summed E-state index contributed by atoms with van der Waals surface area (Å²) in [6, 6.07) is 0.548. The lowest BCUT2D eigenvalue weighted by Gasteiger charge is -2.36. The van der Waals surface area contributed by atoms with Gasteiger partial charge in [-0.15, -0.1) is 0 Å². The average molecular weight is 234 g/mol. The molecule has 0 radical (unpaired) electrons. The molecule has 0 aromatic carbocycles. The molecule has 0 aliphatic carbocycles. The average Bonchev–Trinajstić information content (AvgIpc) is 2.39. The van der Waals surface area contributed by atoms with Crippen LogP contribution in [0.1, 0.15) is 24.2 Å². The van der Waals surface area contributed by atoms with Crippen molar-refractivity contribution in [3.63, 3.8) is 0 Å². The molecular weight excluding hydrogens is 216 g/mol. The summed E-state index contributed by atoms with van der Waals surface area (Å²) >= 11 is 0. The first-order valence-electron chi connectivity index (χ1n) is 5.97. The molecule has 1 aromatic rings. The predicted molar refractivity (Wildman–Crippen MR) is 64.6 cm³/mol. The van der Waals surface area contributed by atoms with Crippen LogP contribution in [0.3, 0.4) is 0 Å². The van der Waals surface area contributed by atoms with E-state index >= 15 is 0 Å². The van der Waals surface area contributed by atoms with Crippen molar-refractivity contribution in [1.29, 1.82) is 0 Å². The Labute approximate surface area is 101 Å². The molecule has 1 fully saturated rings. The largest absolute Gasteiger partial charge is 0.336 e. The van der Waals surface area contributed by atoms with Crippen LogP contribution in [0.15, 0.2) is 18.7 Å². The Bertz CT molecular complexity index is 371. The van der Waals surface area contributed by atoms with E-state index in [1.807, 2.05) is 4.90 Å². The van der Waals surface area contributed by atoms with Gasteiger partial charge in [0.05, 0.1) is 5.56 Å². The molecule has 5 heteroatoms. The standard InChI is InChI=1S/C12H18N4O/c1-10(2)15-3-5-16(6-4-15)12(17)11-7-13-9-14-8-11/h7-10H,3-6H2,1-2H3.